The molecule has 2 fully saturated rings. The predicted molar refractivity (Wildman–Crippen MR) is 62.6 cm³/mol. The smallest absolute Gasteiger partial charge is 0.315 e. The molecule has 1 unspecified atom stereocenters. The number of carboxylic acid groups (broad SMARTS) is 1. The van der Waals surface area contributed by atoms with E-state index in [4.69, 9.17) is 5.11 Å². The van der Waals surface area contributed by atoms with Gasteiger partial charge in [0.15, 0.2) is 0 Å². The molecule has 0 aromatic carbocycles. The van der Waals surface area contributed by atoms with Crippen LogP contribution in [-0.4, -0.2) is 29.7 Å². The van der Waals surface area contributed by atoms with Crippen molar-refractivity contribution in [2.75, 3.05) is 6.54 Å². The van der Waals surface area contributed by atoms with E-state index < -0.39 is 5.97 Å². The van der Waals surface area contributed by atoms with E-state index in [0.717, 1.165) is 19.4 Å². The Morgan fingerprint density at radius 3 is 2.41 bits per heavy atom. The Balaban J connectivity index is 1.68. The van der Waals surface area contributed by atoms with Crippen molar-refractivity contribution in [1.82, 2.24) is 10.6 Å². The van der Waals surface area contributed by atoms with Crippen LogP contribution in [0.1, 0.15) is 38.5 Å². The van der Waals surface area contributed by atoms with Gasteiger partial charge in [-0.1, -0.05) is 6.42 Å². The van der Waals surface area contributed by atoms with Gasteiger partial charge in [-0.3, -0.25) is 4.79 Å². The summed E-state index contributed by atoms with van der Waals surface area (Å²) in [7, 11) is 0. The summed E-state index contributed by atoms with van der Waals surface area (Å²) in [6, 6.07) is -0.413. The van der Waals surface area contributed by atoms with Gasteiger partial charge >= 0.3 is 12.0 Å². The lowest BCUT2D eigenvalue weighted by Gasteiger charge is -2.26. The minimum atomic E-state index is -0.846. The summed E-state index contributed by atoms with van der Waals surface area (Å²) in [5.41, 5.74) is 0. The maximum absolute atomic E-state index is 11.6. The molecule has 0 aromatic rings. The predicted octanol–water partition coefficient (Wildman–Crippen LogP) is 1.34. The first-order chi connectivity index (χ1) is 8.15. The number of rotatable bonds is 6. The average Bonchev–Trinajstić information content (AvgIpc) is 2.96. The standard InChI is InChI=1S/C12H20N2O3/c15-11(16)6-10(9-4-5-9)14-12(17)13-7-8-2-1-3-8/h8-10H,1-7H2,(H,15,16)(H2,13,14,17). The fourth-order valence-electron chi connectivity index (χ4n) is 2.18. The molecule has 17 heavy (non-hydrogen) atoms. The molecular formula is C12H20N2O3. The first-order valence-corrected chi connectivity index (χ1v) is 6.41. The normalized spacial score (nSPS) is 21.4. The zero-order valence-electron chi connectivity index (χ0n) is 9.95. The van der Waals surface area contributed by atoms with E-state index in [-0.39, 0.29) is 18.5 Å². The number of carbonyl (C=O) groups is 2. The molecule has 2 rings (SSSR count). The summed E-state index contributed by atoms with van der Waals surface area (Å²) >= 11 is 0. The largest absolute Gasteiger partial charge is 0.481 e. The highest BCUT2D eigenvalue weighted by atomic mass is 16.4. The number of hydrogen-bond acceptors (Lipinski definition) is 2. The third-order valence-corrected chi connectivity index (χ3v) is 3.68. The van der Waals surface area contributed by atoms with Crippen molar-refractivity contribution in [3.8, 4) is 0 Å². The van der Waals surface area contributed by atoms with Gasteiger partial charge in [0.1, 0.15) is 0 Å². The Bertz CT molecular complexity index is 298. The number of hydrogen-bond donors (Lipinski definition) is 3. The van der Waals surface area contributed by atoms with Gasteiger partial charge < -0.3 is 15.7 Å². The van der Waals surface area contributed by atoms with Gasteiger partial charge in [0, 0.05) is 12.6 Å². The number of amides is 2. The van der Waals surface area contributed by atoms with E-state index in [1.807, 2.05) is 0 Å². The molecule has 2 aliphatic carbocycles. The van der Waals surface area contributed by atoms with Gasteiger partial charge in [-0.2, -0.15) is 0 Å². The lowest BCUT2D eigenvalue weighted by molar-refractivity contribution is -0.137. The van der Waals surface area contributed by atoms with E-state index in [9.17, 15) is 9.59 Å². The van der Waals surface area contributed by atoms with Gasteiger partial charge in [-0.05, 0) is 37.5 Å². The Morgan fingerprint density at radius 2 is 1.94 bits per heavy atom. The molecule has 2 saturated carbocycles. The molecule has 3 N–H and O–H groups in total. The molecule has 0 bridgehead atoms. The number of carboxylic acids is 1. The molecule has 5 nitrogen and oxygen atoms in total. The molecular weight excluding hydrogens is 220 g/mol. The second-order valence-electron chi connectivity index (χ2n) is 5.19. The molecule has 96 valence electrons. The molecule has 0 spiro atoms. The average molecular weight is 240 g/mol. The van der Waals surface area contributed by atoms with E-state index in [2.05, 4.69) is 10.6 Å². The maximum atomic E-state index is 11.6. The Hall–Kier alpha value is -1.26. The first-order valence-electron chi connectivity index (χ1n) is 6.41. The lowest BCUT2D eigenvalue weighted by Crippen LogP contribution is -2.45. The Labute approximate surface area is 101 Å². The molecule has 1 atom stereocenters. The summed E-state index contributed by atoms with van der Waals surface area (Å²) in [6.07, 6.45) is 5.74. The fourth-order valence-corrected chi connectivity index (χ4v) is 2.18. The monoisotopic (exact) mass is 240 g/mol. The summed E-state index contributed by atoms with van der Waals surface area (Å²) in [5.74, 6) is 0.140. The zero-order valence-corrected chi connectivity index (χ0v) is 9.95. The van der Waals surface area contributed by atoms with E-state index in [1.54, 1.807) is 0 Å². The highest BCUT2D eigenvalue weighted by Gasteiger charge is 2.33. The van der Waals surface area contributed by atoms with Crippen molar-refractivity contribution >= 4 is 12.0 Å². The molecule has 5 heteroatoms. The lowest BCUT2D eigenvalue weighted by atomic mass is 9.85. The zero-order chi connectivity index (χ0) is 12.3. The molecule has 2 aliphatic rings. The first kappa shape index (κ1) is 12.2. The van der Waals surface area contributed by atoms with Gasteiger partial charge in [0.2, 0.25) is 0 Å². The third kappa shape index (κ3) is 3.91. The van der Waals surface area contributed by atoms with Crippen molar-refractivity contribution in [2.45, 2.75) is 44.6 Å². The van der Waals surface area contributed by atoms with Crippen LogP contribution in [0.5, 0.6) is 0 Å². The van der Waals surface area contributed by atoms with Crippen LogP contribution >= 0.6 is 0 Å². The van der Waals surface area contributed by atoms with Crippen LogP contribution in [0.25, 0.3) is 0 Å². The van der Waals surface area contributed by atoms with Crippen LogP contribution in [0, 0.1) is 11.8 Å². The minimum absolute atomic E-state index is 0.0293. The quantitative estimate of drug-likeness (QED) is 0.655. The van der Waals surface area contributed by atoms with Gasteiger partial charge in [0.05, 0.1) is 6.42 Å². The van der Waals surface area contributed by atoms with Crippen molar-refractivity contribution in [3.05, 3.63) is 0 Å². The maximum Gasteiger partial charge on any atom is 0.315 e. The number of aliphatic carboxylic acids is 1. The second kappa shape index (κ2) is 5.38. The van der Waals surface area contributed by atoms with Crippen LogP contribution in [-0.2, 0) is 4.79 Å². The van der Waals surface area contributed by atoms with Crippen molar-refractivity contribution in [1.29, 1.82) is 0 Å². The van der Waals surface area contributed by atoms with Crippen molar-refractivity contribution in [2.24, 2.45) is 11.8 Å². The van der Waals surface area contributed by atoms with Crippen LogP contribution in [0.15, 0.2) is 0 Å². The van der Waals surface area contributed by atoms with E-state index in [0.29, 0.717) is 11.8 Å². The molecule has 0 heterocycles. The highest BCUT2D eigenvalue weighted by molar-refractivity contribution is 5.75. The SMILES string of the molecule is O=C(O)CC(NC(=O)NCC1CCC1)C1CC1. The molecule has 0 saturated heterocycles. The number of carbonyl (C=O) groups excluding carboxylic acids is 1. The fraction of sp³-hybridized carbons (Fsp3) is 0.833. The van der Waals surface area contributed by atoms with Crippen LogP contribution in [0.2, 0.25) is 0 Å². The van der Waals surface area contributed by atoms with Gasteiger partial charge in [0.25, 0.3) is 0 Å². The molecule has 0 radical (unpaired) electrons. The van der Waals surface area contributed by atoms with E-state index in [1.165, 1.54) is 19.3 Å². The molecule has 2 amide bonds. The Kier molecular flexibility index (Phi) is 3.86. The van der Waals surface area contributed by atoms with Crippen molar-refractivity contribution in [3.63, 3.8) is 0 Å². The van der Waals surface area contributed by atoms with Gasteiger partial charge in [-0.25, -0.2) is 4.79 Å². The minimum Gasteiger partial charge on any atom is -0.481 e. The Morgan fingerprint density at radius 1 is 1.24 bits per heavy atom. The summed E-state index contributed by atoms with van der Waals surface area (Å²) in [5, 5.41) is 14.4. The topological polar surface area (TPSA) is 78.4 Å². The number of nitrogens with one attached hydrogen (secondary N) is 2. The van der Waals surface area contributed by atoms with Gasteiger partial charge in [-0.15, -0.1) is 0 Å². The van der Waals surface area contributed by atoms with Crippen LogP contribution < -0.4 is 10.6 Å². The molecule has 0 aliphatic heterocycles. The molecule has 0 aromatic heterocycles. The summed E-state index contributed by atoms with van der Waals surface area (Å²) in [4.78, 5) is 22.3. The second-order valence-corrected chi connectivity index (χ2v) is 5.19. The highest BCUT2D eigenvalue weighted by Crippen LogP contribution is 2.34. The van der Waals surface area contributed by atoms with Crippen LogP contribution in [0.4, 0.5) is 4.79 Å². The third-order valence-electron chi connectivity index (χ3n) is 3.68. The number of urea groups is 1. The van der Waals surface area contributed by atoms with Crippen molar-refractivity contribution < 1.29 is 14.7 Å². The van der Waals surface area contributed by atoms with Crippen LogP contribution in [0.3, 0.4) is 0 Å². The summed E-state index contributed by atoms with van der Waals surface area (Å²) < 4.78 is 0. The summed E-state index contributed by atoms with van der Waals surface area (Å²) in [6.45, 7) is 0.719. The van der Waals surface area contributed by atoms with E-state index >= 15 is 0 Å².